The molecule has 4 N–H and O–H groups in total. The Morgan fingerprint density at radius 2 is 1.67 bits per heavy atom. The molecule has 0 saturated heterocycles. The van der Waals surface area contributed by atoms with Crippen LogP contribution in [0.5, 0.6) is 0 Å². The summed E-state index contributed by atoms with van der Waals surface area (Å²) in [7, 11) is -4.03. The third-order valence-electron chi connectivity index (χ3n) is 5.47. The number of aromatic nitrogens is 1. The molecule has 8 nitrogen and oxygen atoms in total. The number of aromatic amines is 1. The lowest BCUT2D eigenvalue weighted by molar-refractivity contribution is 0.0908. The highest BCUT2D eigenvalue weighted by molar-refractivity contribution is 7.89. The number of sulfonamides is 1. The number of H-pyrrole nitrogens is 1. The number of amides is 1. The highest BCUT2D eigenvalue weighted by Crippen LogP contribution is 2.24. The van der Waals surface area contributed by atoms with E-state index in [4.69, 9.17) is 5.21 Å². The summed E-state index contributed by atoms with van der Waals surface area (Å²) in [5.74, 6) is -1.55. The molecule has 0 aliphatic heterocycles. The molecule has 4 rings (SSSR count). The van der Waals surface area contributed by atoms with Crippen LogP contribution in [-0.2, 0) is 15.6 Å². The van der Waals surface area contributed by atoms with Crippen LogP contribution >= 0.6 is 0 Å². The molecule has 1 amide bonds. The lowest BCUT2D eigenvalue weighted by atomic mass is 9.93. The average Bonchev–Trinajstić information content (AvgIpc) is 2.79. The molecule has 33 heavy (non-hydrogen) atoms. The Morgan fingerprint density at radius 1 is 1.00 bits per heavy atom. The summed E-state index contributed by atoms with van der Waals surface area (Å²) in [6.45, 7) is 3.35. The van der Waals surface area contributed by atoms with E-state index in [9.17, 15) is 22.4 Å². The predicted octanol–water partition coefficient (Wildman–Crippen LogP) is 3.15. The highest BCUT2D eigenvalue weighted by Gasteiger charge is 2.26. The van der Waals surface area contributed by atoms with Crippen molar-refractivity contribution in [1.82, 2.24) is 15.2 Å². The number of halogens is 1. The van der Waals surface area contributed by atoms with E-state index in [1.165, 1.54) is 35.2 Å². The minimum absolute atomic E-state index is 0.135. The van der Waals surface area contributed by atoms with E-state index in [0.717, 1.165) is 6.07 Å². The van der Waals surface area contributed by atoms with Crippen molar-refractivity contribution in [1.29, 1.82) is 0 Å². The second-order valence-corrected chi connectivity index (χ2v) is 9.74. The molecule has 4 aromatic rings. The number of hydrogen-bond donors (Lipinski definition) is 4. The zero-order valence-corrected chi connectivity index (χ0v) is 18.5. The fraction of sp³-hybridized carbons (Fsp3) is 0.130. The van der Waals surface area contributed by atoms with E-state index < -0.39 is 27.3 Å². The van der Waals surface area contributed by atoms with Gasteiger partial charge in [0.1, 0.15) is 5.82 Å². The fourth-order valence-electron chi connectivity index (χ4n) is 3.65. The molecular weight excluding hydrogens is 449 g/mol. The van der Waals surface area contributed by atoms with Crippen LogP contribution in [0.3, 0.4) is 0 Å². The van der Waals surface area contributed by atoms with Gasteiger partial charge in [-0.15, -0.1) is 0 Å². The van der Waals surface area contributed by atoms with Gasteiger partial charge < -0.3 is 15.5 Å². The lowest BCUT2D eigenvalue weighted by Gasteiger charge is -2.27. The molecule has 0 saturated carbocycles. The molecular formula is C23H20FN3O5S. The molecule has 0 radical (unpaired) electrons. The standard InChI is InChI=1S/C23H20FN3O5S/c1-23(2,13-7-9-14(10-8-13)33(31,32)27-30)26-22(29)16-12-20-17(11-18(16)24)21(28)15-5-3-4-6-19(15)25-20/h3-12,27,30H,1-2H3,(H,25,28)(H,26,29). The minimum atomic E-state index is -4.03. The second-order valence-electron chi connectivity index (χ2n) is 8.08. The van der Waals surface area contributed by atoms with Crippen molar-refractivity contribution in [2.45, 2.75) is 24.3 Å². The lowest BCUT2D eigenvalue weighted by Crippen LogP contribution is -2.41. The number of carbonyl (C=O) groups excluding carboxylic acids is 1. The van der Waals surface area contributed by atoms with Crippen LogP contribution in [0.1, 0.15) is 29.8 Å². The van der Waals surface area contributed by atoms with Gasteiger partial charge in [0.25, 0.3) is 15.9 Å². The van der Waals surface area contributed by atoms with Gasteiger partial charge in [-0.2, -0.15) is 0 Å². The van der Waals surface area contributed by atoms with Crippen molar-refractivity contribution in [2.24, 2.45) is 0 Å². The molecule has 1 heterocycles. The summed E-state index contributed by atoms with van der Waals surface area (Å²) in [5, 5.41) is 12.0. The number of benzene rings is 3. The van der Waals surface area contributed by atoms with Crippen LogP contribution in [-0.4, -0.2) is 24.5 Å². The van der Waals surface area contributed by atoms with Gasteiger partial charge in [-0.05, 0) is 55.8 Å². The molecule has 1 aromatic heterocycles. The minimum Gasteiger partial charge on any atom is -0.354 e. The molecule has 0 aliphatic rings. The number of nitrogens with one attached hydrogen (secondary N) is 3. The van der Waals surface area contributed by atoms with E-state index in [-0.39, 0.29) is 21.3 Å². The fourth-order valence-corrected chi connectivity index (χ4v) is 4.25. The molecule has 0 fully saturated rings. The van der Waals surface area contributed by atoms with Gasteiger partial charge in [-0.3, -0.25) is 9.59 Å². The molecule has 170 valence electrons. The zero-order valence-electron chi connectivity index (χ0n) is 17.6. The van der Waals surface area contributed by atoms with Gasteiger partial charge in [0.15, 0.2) is 5.43 Å². The maximum Gasteiger partial charge on any atom is 0.262 e. The Morgan fingerprint density at radius 3 is 2.33 bits per heavy atom. The van der Waals surface area contributed by atoms with Crippen molar-refractivity contribution in [3.63, 3.8) is 0 Å². The second kappa shape index (κ2) is 8.07. The predicted molar refractivity (Wildman–Crippen MR) is 121 cm³/mol. The first-order valence-corrected chi connectivity index (χ1v) is 11.3. The first kappa shape index (κ1) is 22.6. The van der Waals surface area contributed by atoms with E-state index in [0.29, 0.717) is 22.0 Å². The van der Waals surface area contributed by atoms with Gasteiger partial charge >= 0.3 is 0 Å². The molecule has 0 bridgehead atoms. The van der Waals surface area contributed by atoms with Crippen molar-refractivity contribution >= 4 is 37.7 Å². The van der Waals surface area contributed by atoms with Crippen LogP contribution in [0.4, 0.5) is 4.39 Å². The zero-order chi connectivity index (χ0) is 24.0. The van der Waals surface area contributed by atoms with Crippen molar-refractivity contribution < 1.29 is 22.8 Å². The van der Waals surface area contributed by atoms with E-state index in [1.54, 1.807) is 38.1 Å². The maximum absolute atomic E-state index is 14.8. The number of fused-ring (bicyclic) bond motifs is 2. The van der Waals surface area contributed by atoms with Gasteiger partial charge in [0, 0.05) is 16.3 Å². The van der Waals surface area contributed by atoms with Gasteiger partial charge in [-0.25, -0.2) is 12.8 Å². The van der Waals surface area contributed by atoms with E-state index in [1.807, 2.05) is 0 Å². The van der Waals surface area contributed by atoms with Crippen molar-refractivity contribution in [2.75, 3.05) is 0 Å². The molecule has 0 atom stereocenters. The summed E-state index contributed by atoms with van der Waals surface area (Å²) >= 11 is 0. The van der Waals surface area contributed by atoms with Gasteiger partial charge in [-0.1, -0.05) is 29.2 Å². The number of pyridine rings is 1. The Kier molecular flexibility index (Phi) is 5.52. The molecule has 0 aliphatic carbocycles. The number of para-hydroxylation sites is 1. The number of rotatable bonds is 5. The smallest absolute Gasteiger partial charge is 0.262 e. The van der Waals surface area contributed by atoms with Crippen LogP contribution in [0.2, 0.25) is 0 Å². The number of hydrogen-bond acceptors (Lipinski definition) is 5. The largest absolute Gasteiger partial charge is 0.354 e. The van der Waals surface area contributed by atoms with Crippen molar-refractivity contribution in [3.05, 3.63) is 87.8 Å². The monoisotopic (exact) mass is 469 g/mol. The Labute approximate surface area is 188 Å². The molecule has 10 heteroatoms. The summed E-state index contributed by atoms with van der Waals surface area (Å²) < 4.78 is 38.2. The first-order valence-electron chi connectivity index (χ1n) is 9.87. The highest BCUT2D eigenvalue weighted by atomic mass is 32.2. The molecule has 0 unspecified atom stereocenters. The van der Waals surface area contributed by atoms with E-state index >= 15 is 0 Å². The Balaban J connectivity index is 1.68. The summed E-state index contributed by atoms with van der Waals surface area (Å²) in [6.07, 6.45) is 0. The molecule has 3 aromatic carbocycles. The summed E-state index contributed by atoms with van der Waals surface area (Å²) in [6, 6.07) is 14.7. The van der Waals surface area contributed by atoms with E-state index in [2.05, 4.69) is 10.3 Å². The van der Waals surface area contributed by atoms with Crippen LogP contribution in [0, 0.1) is 5.82 Å². The van der Waals surface area contributed by atoms with Crippen molar-refractivity contribution in [3.8, 4) is 0 Å². The SMILES string of the molecule is CC(C)(NC(=O)c1cc2[nH]c3ccccc3c(=O)c2cc1F)c1ccc(S(=O)(=O)NO)cc1. The Hall–Kier alpha value is -3.60. The van der Waals surface area contributed by atoms with Crippen LogP contribution in [0.15, 0.2) is 70.4 Å². The third kappa shape index (κ3) is 4.11. The number of carbonyl (C=O) groups is 1. The molecule has 0 spiro atoms. The maximum atomic E-state index is 14.8. The van der Waals surface area contributed by atoms with Crippen LogP contribution in [0.25, 0.3) is 21.8 Å². The summed E-state index contributed by atoms with van der Waals surface area (Å²) in [5.41, 5.74) is -0.129. The van der Waals surface area contributed by atoms with Gasteiger partial charge in [0.2, 0.25) is 0 Å². The van der Waals surface area contributed by atoms with Gasteiger partial charge in [0.05, 0.1) is 21.5 Å². The normalized spacial score (nSPS) is 12.2. The topological polar surface area (TPSA) is 128 Å². The summed E-state index contributed by atoms with van der Waals surface area (Å²) in [4.78, 5) is 29.8. The Bertz CT molecular complexity index is 1560. The quantitative estimate of drug-likeness (QED) is 0.264. The third-order valence-corrected chi connectivity index (χ3v) is 6.60. The first-order chi connectivity index (χ1) is 15.5. The van der Waals surface area contributed by atoms with Crippen LogP contribution < -0.4 is 15.6 Å². The average molecular weight is 469 g/mol.